The number of aliphatic hydroxyl groups excluding tert-OH is 1. The fourth-order valence-electron chi connectivity index (χ4n) is 3.93. The lowest BCUT2D eigenvalue weighted by Crippen LogP contribution is -2.15. The maximum absolute atomic E-state index is 11.5. The molecule has 0 unspecified atom stereocenters. The van der Waals surface area contributed by atoms with Gasteiger partial charge in [0.05, 0.1) is 6.10 Å². The Morgan fingerprint density at radius 3 is 2.52 bits per heavy atom. The highest BCUT2D eigenvalue weighted by Gasteiger charge is 2.30. The van der Waals surface area contributed by atoms with Crippen molar-refractivity contribution < 1.29 is 5.11 Å². The molecule has 2 atom stereocenters. The summed E-state index contributed by atoms with van der Waals surface area (Å²) in [6, 6.07) is 25.4. The fourth-order valence-corrected chi connectivity index (χ4v) is 5.04. The average molecular weight is 376 g/mol. The molecule has 1 aliphatic rings. The lowest BCUT2D eigenvalue weighted by molar-refractivity contribution is 0.158. The van der Waals surface area contributed by atoms with Crippen molar-refractivity contribution in [3.8, 4) is 0 Å². The van der Waals surface area contributed by atoms with Crippen molar-refractivity contribution in [2.75, 3.05) is 14.1 Å². The van der Waals surface area contributed by atoms with E-state index in [0.29, 0.717) is 0 Å². The van der Waals surface area contributed by atoms with Crippen LogP contribution in [-0.4, -0.2) is 24.1 Å². The van der Waals surface area contributed by atoms with Gasteiger partial charge in [-0.1, -0.05) is 66.7 Å². The smallest absolute Gasteiger partial charge is 0.0899 e. The molecule has 0 saturated heterocycles. The van der Waals surface area contributed by atoms with Gasteiger partial charge in [-0.25, -0.2) is 0 Å². The lowest BCUT2D eigenvalue weighted by Gasteiger charge is -2.26. The van der Waals surface area contributed by atoms with Crippen molar-refractivity contribution >= 4 is 11.8 Å². The van der Waals surface area contributed by atoms with Gasteiger partial charge in [-0.05, 0) is 48.0 Å². The van der Waals surface area contributed by atoms with Crippen molar-refractivity contribution in [2.45, 2.75) is 29.2 Å². The largest absolute Gasteiger partial charge is 0.387 e. The summed E-state index contributed by atoms with van der Waals surface area (Å²) in [5.74, 6) is 0.888. The standard InChI is InChI=1S/C24H25NOS/c1-25(2)15-17-8-7-10-18(14-17)24(26)23-20-11-4-3-9-19(20)16-27-22-13-6-5-12-21(22)23/h3-14,23-24,26H,15-16H2,1-2H3/t23-,24+/m1/s1. The minimum absolute atomic E-state index is 0.0537. The van der Waals surface area contributed by atoms with E-state index in [0.717, 1.165) is 17.9 Å². The van der Waals surface area contributed by atoms with Crippen LogP contribution in [0.3, 0.4) is 0 Å². The zero-order valence-corrected chi connectivity index (χ0v) is 16.6. The van der Waals surface area contributed by atoms with E-state index in [4.69, 9.17) is 0 Å². The van der Waals surface area contributed by atoms with Gasteiger partial charge in [-0.3, -0.25) is 0 Å². The molecule has 4 rings (SSSR count). The Morgan fingerprint density at radius 2 is 1.70 bits per heavy atom. The van der Waals surface area contributed by atoms with Gasteiger partial charge in [-0.15, -0.1) is 11.8 Å². The van der Waals surface area contributed by atoms with Crippen LogP contribution in [-0.2, 0) is 12.3 Å². The molecule has 0 bridgehead atoms. The van der Waals surface area contributed by atoms with Gasteiger partial charge in [0.2, 0.25) is 0 Å². The maximum atomic E-state index is 11.5. The fraction of sp³-hybridized carbons (Fsp3) is 0.250. The van der Waals surface area contributed by atoms with Gasteiger partial charge in [0.1, 0.15) is 0 Å². The van der Waals surface area contributed by atoms with E-state index >= 15 is 0 Å². The van der Waals surface area contributed by atoms with Gasteiger partial charge in [-0.2, -0.15) is 0 Å². The third kappa shape index (κ3) is 3.81. The molecule has 2 nitrogen and oxygen atoms in total. The van der Waals surface area contributed by atoms with Crippen LogP contribution < -0.4 is 0 Å². The first-order valence-electron chi connectivity index (χ1n) is 9.34. The number of benzene rings is 3. The maximum Gasteiger partial charge on any atom is 0.0899 e. The van der Waals surface area contributed by atoms with E-state index in [9.17, 15) is 5.11 Å². The van der Waals surface area contributed by atoms with E-state index in [2.05, 4.69) is 85.7 Å². The monoisotopic (exact) mass is 375 g/mol. The van der Waals surface area contributed by atoms with Crippen LogP contribution in [0, 0.1) is 0 Å². The first kappa shape index (κ1) is 18.3. The summed E-state index contributed by atoms with van der Waals surface area (Å²) >= 11 is 1.86. The molecule has 0 radical (unpaired) electrons. The molecular formula is C24H25NOS. The Bertz CT molecular complexity index is 889. The third-order valence-electron chi connectivity index (χ3n) is 5.13. The molecule has 0 spiro atoms. The molecule has 0 aliphatic carbocycles. The van der Waals surface area contributed by atoms with Gasteiger partial charge in [0.25, 0.3) is 0 Å². The SMILES string of the molecule is CN(C)Cc1cccc([C@H](O)[C@@H]2c3ccccc3CSc3ccccc32)c1. The number of nitrogens with zero attached hydrogens (tertiary/aromatic N) is 1. The van der Waals surface area contributed by atoms with E-state index in [1.165, 1.54) is 27.1 Å². The van der Waals surface area contributed by atoms with Crippen molar-refractivity contribution in [1.82, 2.24) is 4.90 Å². The van der Waals surface area contributed by atoms with Crippen molar-refractivity contribution in [3.63, 3.8) is 0 Å². The lowest BCUT2D eigenvalue weighted by atomic mass is 9.81. The third-order valence-corrected chi connectivity index (χ3v) is 6.27. The van der Waals surface area contributed by atoms with Gasteiger partial charge >= 0.3 is 0 Å². The Hall–Kier alpha value is -2.07. The summed E-state index contributed by atoms with van der Waals surface area (Å²) in [6.07, 6.45) is -0.576. The number of rotatable bonds is 4. The molecule has 0 fully saturated rings. The van der Waals surface area contributed by atoms with Crippen LogP contribution >= 0.6 is 11.8 Å². The second-order valence-electron chi connectivity index (χ2n) is 7.43. The number of thioether (sulfide) groups is 1. The first-order valence-corrected chi connectivity index (χ1v) is 10.3. The molecule has 1 heterocycles. The number of fused-ring (bicyclic) bond motifs is 2. The second-order valence-corrected chi connectivity index (χ2v) is 8.45. The number of hydrogen-bond donors (Lipinski definition) is 1. The predicted molar refractivity (Wildman–Crippen MR) is 113 cm³/mol. The van der Waals surface area contributed by atoms with E-state index in [1.54, 1.807) is 0 Å². The number of aliphatic hydroxyl groups is 1. The molecular weight excluding hydrogens is 350 g/mol. The first-order chi connectivity index (χ1) is 13.1. The minimum atomic E-state index is -0.576. The zero-order chi connectivity index (χ0) is 18.8. The molecule has 3 aromatic carbocycles. The summed E-state index contributed by atoms with van der Waals surface area (Å²) in [5, 5.41) is 11.5. The van der Waals surface area contributed by atoms with Gasteiger partial charge < -0.3 is 10.0 Å². The summed E-state index contributed by atoms with van der Waals surface area (Å²) < 4.78 is 0. The topological polar surface area (TPSA) is 23.5 Å². The molecule has 0 amide bonds. The highest BCUT2D eigenvalue weighted by Crippen LogP contribution is 2.46. The normalized spacial score (nSPS) is 17.1. The van der Waals surface area contributed by atoms with Crippen molar-refractivity contribution in [3.05, 3.63) is 101 Å². The van der Waals surface area contributed by atoms with Crippen LogP contribution in [0.4, 0.5) is 0 Å². The minimum Gasteiger partial charge on any atom is -0.387 e. The van der Waals surface area contributed by atoms with Crippen LogP contribution in [0.5, 0.6) is 0 Å². The quantitative estimate of drug-likeness (QED) is 0.676. The van der Waals surface area contributed by atoms with E-state index in [1.807, 2.05) is 17.8 Å². The van der Waals surface area contributed by atoms with Gasteiger partial charge in [0, 0.05) is 23.1 Å². The summed E-state index contributed by atoms with van der Waals surface area (Å²) in [4.78, 5) is 3.42. The molecule has 138 valence electrons. The zero-order valence-electron chi connectivity index (χ0n) is 15.8. The summed E-state index contributed by atoms with van der Waals surface area (Å²) in [5.41, 5.74) is 5.97. The molecule has 3 heteroatoms. The van der Waals surface area contributed by atoms with Crippen LogP contribution in [0.1, 0.15) is 39.8 Å². The average Bonchev–Trinajstić information content (AvgIpc) is 2.84. The molecule has 1 aliphatic heterocycles. The Balaban J connectivity index is 1.80. The summed E-state index contributed by atoms with van der Waals surface area (Å²) in [7, 11) is 4.14. The Kier molecular flexibility index (Phi) is 5.35. The van der Waals surface area contributed by atoms with Gasteiger partial charge in [0.15, 0.2) is 0 Å². The molecule has 1 N–H and O–H groups in total. The Labute approximate surface area is 165 Å². The molecule has 27 heavy (non-hydrogen) atoms. The van der Waals surface area contributed by atoms with Crippen LogP contribution in [0.15, 0.2) is 77.7 Å². The van der Waals surface area contributed by atoms with Crippen LogP contribution in [0.2, 0.25) is 0 Å². The highest BCUT2D eigenvalue weighted by molar-refractivity contribution is 7.98. The van der Waals surface area contributed by atoms with E-state index in [-0.39, 0.29) is 5.92 Å². The molecule has 3 aromatic rings. The highest BCUT2D eigenvalue weighted by atomic mass is 32.2. The summed E-state index contributed by atoms with van der Waals surface area (Å²) in [6.45, 7) is 0.869. The second kappa shape index (κ2) is 7.89. The van der Waals surface area contributed by atoms with Crippen molar-refractivity contribution in [1.29, 1.82) is 0 Å². The number of hydrogen-bond acceptors (Lipinski definition) is 3. The van der Waals surface area contributed by atoms with Crippen LogP contribution in [0.25, 0.3) is 0 Å². The van der Waals surface area contributed by atoms with Crippen molar-refractivity contribution in [2.24, 2.45) is 0 Å². The predicted octanol–water partition coefficient (Wildman–Crippen LogP) is 5.22. The van der Waals surface area contributed by atoms with E-state index < -0.39 is 6.10 Å². The molecule has 0 saturated carbocycles. The Morgan fingerprint density at radius 1 is 0.963 bits per heavy atom. The molecule has 0 aromatic heterocycles.